The molecule has 0 fully saturated rings. The van der Waals surface area contributed by atoms with E-state index in [-0.39, 0.29) is 0 Å². The zero-order valence-corrected chi connectivity index (χ0v) is 29.1. The van der Waals surface area contributed by atoms with Crippen molar-refractivity contribution < 1.29 is 0 Å². The normalized spacial score (nSPS) is 12.4. The average molecular weight is 687 g/mol. The van der Waals surface area contributed by atoms with Crippen LogP contribution in [0.4, 0.5) is 0 Å². The molecule has 0 radical (unpaired) electrons. The molecule has 8 aromatic carbocycles. The van der Waals surface area contributed by atoms with Gasteiger partial charge in [0.15, 0.2) is 0 Å². The monoisotopic (exact) mass is 686 g/mol. The predicted octanol–water partition coefficient (Wildman–Crippen LogP) is 12.9. The lowest BCUT2D eigenvalue weighted by Gasteiger charge is -2.13. The number of hydrogen-bond acceptors (Lipinski definition) is 0. The summed E-state index contributed by atoms with van der Waals surface area (Å²) in [4.78, 5) is 0. The second-order valence-electron chi connectivity index (χ2n) is 14.6. The molecule has 0 saturated carbocycles. The van der Waals surface area contributed by atoms with E-state index in [0.29, 0.717) is 0 Å². The molecular formula is C50H30N4. The first-order valence-corrected chi connectivity index (χ1v) is 18.6. The van der Waals surface area contributed by atoms with Crippen LogP contribution in [0, 0.1) is 0 Å². The van der Waals surface area contributed by atoms with Crippen LogP contribution in [0.2, 0.25) is 0 Å². The molecule has 1 aliphatic rings. The minimum Gasteiger partial charge on any atom is -0.309 e. The van der Waals surface area contributed by atoms with Crippen LogP contribution in [0.5, 0.6) is 0 Å². The molecule has 0 saturated heterocycles. The smallest absolute Gasteiger partial charge is 0.131 e. The van der Waals surface area contributed by atoms with E-state index in [1.165, 1.54) is 99.1 Å². The molecule has 0 atom stereocenters. The highest BCUT2D eigenvalue weighted by Gasteiger charge is 2.30. The van der Waals surface area contributed by atoms with Crippen LogP contribution in [0.25, 0.3) is 111 Å². The van der Waals surface area contributed by atoms with Gasteiger partial charge in [-0.05, 0) is 83.9 Å². The highest BCUT2D eigenvalue weighted by Crippen LogP contribution is 2.51. The molecule has 0 unspecified atom stereocenters. The SMILES string of the molecule is c1ccc(-n2c3ccccc3c3cc4c(cc32)-c2c3ccccc3n3c5cc6c(cc5n(c23)-c2ccccc2-4)c2ccccc2n6-c2ccccc2)cc1. The van der Waals surface area contributed by atoms with Crippen molar-refractivity contribution in [1.29, 1.82) is 0 Å². The Morgan fingerprint density at radius 3 is 1.50 bits per heavy atom. The lowest BCUT2D eigenvalue weighted by molar-refractivity contribution is 1.16. The number of imidazole rings is 1. The maximum atomic E-state index is 2.54. The largest absolute Gasteiger partial charge is 0.309 e. The van der Waals surface area contributed by atoms with Crippen molar-refractivity contribution in [3.8, 4) is 39.3 Å². The van der Waals surface area contributed by atoms with Crippen molar-refractivity contribution in [3.05, 3.63) is 182 Å². The first-order chi connectivity index (χ1) is 26.8. The number of benzene rings is 8. The fourth-order valence-electron chi connectivity index (χ4n) is 9.71. The Labute approximate surface area is 309 Å². The molecule has 54 heavy (non-hydrogen) atoms. The van der Waals surface area contributed by atoms with Crippen LogP contribution >= 0.6 is 0 Å². The second kappa shape index (κ2) is 10.2. The van der Waals surface area contributed by atoms with Gasteiger partial charge in [0.2, 0.25) is 0 Å². The zero-order chi connectivity index (χ0) is 35.1. The van der Waals surface area contributed by atoms with Crippen molar-refractivity contribution in [2.45, 2.75) is 0 Å². The summed E-state index contributed by atoms with van der Waals surface area (Å²) in [5, 5.41) is 6.27. The van der Waals surface area contributed by atoms with Gasteiger partial charge in [-0.2, -0.15) is 0 Å². The Hall–Kier alpha value is -7.30. The van der Waals surface area contributed by atoms with Crippen LogP contribution in [-0.2, 0) is 0 Å². The van der Waals surface area contributed by atoms with E-state index >= 15 is 0 Å². The molecule has 0 spiro atoms. The number of para-hydroxylation sites is 6. The van der Waals surface area contributed by atoms with Gasteiger partial charge >= 0.3 is 0 Å². The quantitative estimate of drug-likeness (QED) is 0.172. The summed E-state index contributed by atoms with van der Waals surface area (Å²) >= 11 is 0. The van der Waals surface area contributed by atoms with Gasteiger partial charge in [0.05, 0.1) is 44.3 Å². The molecule has 5 heterocycles. The summed E-state index contributed by atoms with van der Waals surface area (Å²) in [7, 11) is 0. The van der Waals surface area contributed by atoms with Gasteiger partial charge < -0.3 is 9.13 Å². The average Bonchev–Trinajstić information content (AvgIpc) is 3.92. The molecule has 0 amide bonds. The van der Waals surface area contributed by atoms with Crippen molar-refractivity contribution in [2.24, 2.45) is 0 Å². The Balaban J connectivity index is 1.25. The van der Waals surface area contributed by atoms with E-state index in [4.69, 9.17) is 0 Å². The van der Waals surface area contributed by atoms with Gasteiger partial charge in [0.1, 0.15) is 5.65 Å². The van der Waals surface area contributed by atoms with Crippen LogP contribution in [-0.4, -0.2) is 18.1 Å². The number of nitrogens with zero attached hydrogens (tertiary/aromatic N) is 4. The zero-order valence-electron chi connectivity index (χ0n) is 29.1. The van der Waals surface area contributed by atoms with Gasteiger partial charge in [-0.3, -0.25) is 8.97 Å². The van der Waals surface area contributed by atoms with E-state index in [1.807, 2.05) is 0 Å². The second-order valence-corrected chi connectivity index (χ2v) is 14.6. The Morgan fingerprint density at radius 1 is 0.278 bits per heavy atom. The van der Waals surface area contributed by atoms with E-state index in [0.717, 1.165) is 11.4 Å². The lowest BCUT2D eigenvalue weighted by atomic mass is 9.92. The summed E-state index contributed by atoms with van der Waals surface area (Å²) in [6, 6.07) is 67.0. The van der Waals surface area contributed by atoms with Crippen LogP contribution in [0.15, 0.2) is 182 Å². The minimum absolute atomic E-state index is 1.16. The van der Waals surface area contributed by atoms with Crippen molar-refractivity contribution in [1.82, 2.24) is 18.1 Å². The van der Waals surface area contributed by atoms with Crippen molar-refractivity contribution in [2.75, 3.05) is 0 Å². The van der Waals surface area contributed by atoms with Gasteiger partial charge in [-0.15, -0.1) is 0 Å². The highest BCUT2D eigenvalue weighted by atomic mass is 15.1. The van der Waals surface area contributed by atoms with E-state index in [1.54, 1.807) is 0 Å². The number of fused-ring (bicyclic) bond motifs is 17. The van der Waals surface area contributed by atoms with E-state index < -0.39 is 0 Å². The minimum atomic E-state index is 1.16. The van der Waals surface area contributed by atoms with Gasteiger partial charge in [0.25, 0.3) is 0 Å². The first-order valence-electron chi connectivity index (χ1n) is 18.6. The molecule has 4 aromatic heterocycles. The lowest BCUT2D eigenvalue weighted by Crippen LogP contribution is -1.96. The molecule has 12 aromatic rings. The summed E-state index contributed by atoms with van der Waals surface area (Å²) < 4.78 is 9.93. The predicted molar refractivity (Wildman–Crippen MR) is 225 cm³/mol. The third-order valence-electron chi connectivity index (χ3n) is 11.9. The molecule has 0 bridgehead atoms. The van der Waals surface area contributed by atoms with Gasteiger partial charge in [-0.25, -0.2) is 0 Å². The number of rotatable bonds is 2. The summed E-state index contributed by atoms with van der Waals surface area (Å²) in [5.41, 5.74) is 18.2. The third kappa shape index (κ3) is 3.48. The van der Waals surface area contributed by atoms with Crippen LogP contribution < -0.4 is 0 Å². The standard InChI is InChI=1S/C50H30N4/c1-3-15-31(16-4-1)51-41-23-11-8-20-34(41)38-27-37-33-19-7-13-25-43(33)53-47-28-39-35-21-9-12-24-42(35)52(32-17-5-2-6-18-32)46(39)30-48(47)54-44-26-14-10-22-36(44)49(50(53)54)40(37)29-45(38)51/h1-30H. The topological polar surface area (TPSA) is 19.2 Å². The summed E-state index contributed by atoms with van der Waals surface area (Å²) in [6.07, 6.45) is 0. The van der Waals surface area contributed by atoms with Crippen LogP contribution in [0.3, 0.4) is 0 Å². The molecule has 13 rings (SSSR count). The van der Waals surface area contributed by atoms with E-state index in [2.05, 4.69) is 200 Å². The number of aromatic nitrogens is 4. The maximum Gasteiger partial charge on any atom is 0.131 e. The maximum absolute atomic E-state index is 2.54. The van der Waals surface area contributed by atoms with Crippen molar-refractivity contribution >= 4 is 71.2 Å². The number of hydrogen-bond donors (Lipinski definition) is 0. The van der Waals surface area contributed by atoms with Crippen molar-refractivity contribution in [3.63, 3.8) is 0 Å². The van der Waals surface area contributed by atoms with Gasteiger partial charge in [-0.1, -0.05) is 109 Å². The van der Waals surface area contributed by atoms with Crippen LogP contribution in [0.1, 0.15) is 0 Å². The highest BCUT2D eigenvalue weighted by molar-refractivity contribution is 6.20. The molecule has 0 aliphatic carbocycles. The fraction of sp³-hybridized carbons (Fsp3) is 0. The summed E-state index contributed by atoms with van der Waals surface area (Å²) in [5.74, 6) is 0. The van der Waals surface area contributed by atoms with E-state index in [9.17, 15) is 0 Å². The Kier molecular flexibility index (Phi) is 5.34. The molecule has 250 valence electrons. The molecule has 1 aliphatic heterocycles. The molecule has 0 N–H and O–H groups in total. The summed E-state index contributed by atoms with van der Waals surface area (Å²) in [6.45, 7) is 0. The fourth-order valence-corrected chi connectivity index (χ4v) is 9.71. The molecular weight excluding hydrogens is 657 g/mol. The first kappa shape index (κ1) is 28.3. The Bertz CT molecular complexity index is 3540. The molecule has 4 heteroatoms. The van der Waals surface area contributed by atoms with Gasteiger partial charge in [0, 0.05) is 49.4 Å². The Morgan fingerprint density at radius 2 is 0.815 bits per heavy atom. The molecule has 4 nitrogen and oxygen atoms in total. The third-order valence-corrected chi connectivity index (χ3v) is 11.9.